The van der Waals surface area contributed by atoms with Crippen LogP contribution >= 0.6 is 0 Å². The van der Waals surface area contributed by atoms with Crippen LogP contribution in [0.4, 0.5) is 11.4 Å². The highest BCUT2D eigenvalue weighted by molar-refractivity contribution is 6.04. The molecule has 0 fully saturated rings. The summed E-state index contributed by atoms with van der Waals surface area (Å²) in [6.45, 7) is 0.599. The second-order valence-corrected chi connectivity index (χ2v) is 6.04. The van der Waals surface area contributed by atoms with Crippen molar-refractivity contribution < 1.29 is 19.0 Å². The van der Waals surface area contributed by atoms with Crippen LogP contribution in [0.25, 0.3) is 0 Å². The van der Waals surface area contributed by atoms with E-state index >= 15 is 0 Å². The summed E-state index contributed by atoms with van der Waals surface area (Å²) < 4.78 is 15.9. The van der Waals surface area contributed by atoms with Crippen molar-refractivity contribution in [2.45, 2.75) is 6.54 Å². The lowest BCUT2D eigenvalue weighted by atomic mass is 10.2. The first-order valence-electron chi connectivity index (χ1n) is 8.83. The Hall–Kier alpha value is -3.81. The monoisotopic (exact) mass is 394 g/mol. The molecule has 2 N–H and O–H groups in total. The van der Waals surface area contributed by atoms with Gasteiger partial charge in [-0.1, -0.05) is 0 Å². The van der Waals surface area contributed by atoms with Gasteiger partial charge in [-0.3, -0.25) is 14.8 Å². The molecule has 8 heteroatoms. The van der Waals surface area contributed by atoms with Gasteiger partial charge in [-0.2, -0.15) is 0 Å². The average Bonchev–Trinajstić information content (AvgIpc) is 2.77. The van der Waals surface area contributed by atoms with Crippen molar-refractivity contribution >= 4 is 17.3 Å². The largest absolute Gasteiger partial charge is 0.493 e. The van der Waals surface area contributed by atoms with Gasteiger partial charge in [0.15, 0.2) is 11.5 Å². The highest BCUT2D eigenvalue weighted by Crippen LogP contribution is 2.40. The van der Waals surface area contributed by atoms with Crippen LogP contribution in [0.15, 0.2) is 55.1 Å². The molecule has 0 radical (unpaired) electrons. The van der Waals surface area contributed by atoms with E-state index in [1.165, 1.54) is 27.5 Å². The van der Waals surface area contributed by atoms with E-state index in [4.69, 9.17) is 14.2 Å². The minimum atomic E-state index is -0.306. The second kappa shape index (κ2) is 9.41. The summed E-state index contributed by atoms with van der Waals surface area (Å²) in [5.74, 6) is 1.05. The molecule has 1 aromatic carbocycles. The first-order chi connectivity index (χ1) is 14.1. The quantitative estimate of drug-likeness (QED) is 0.605. The van der Waals surface area contributed by atoms with E-state index in [9.17, 15) is 4.79 Å². The van der Waals surface area contributed by atoms with Crippen molar-refractivity contribution in [2.75, 3.05) is 32.0 Å². The molecule has 3 aromatic rings. The number of hydrogen-bond acceptors (Lipinski definition) is 7. The fraction of sp³-hybridized carbons (Fsp3) is 0.190. The Morgan fingerprint density at radius 3 is 2.21 bits per heavy atom. The third-order valence-electron chi connectivity index (χ3n) is 4.17. The van der Waals surface area contributed by atoms with Crippen molar-refractivity contribution in [3.8, 4) is 17.2 Å². The lowest BCUT2D eigenvalue weighted by molar-refractivity contribution is 0.102. The summed E-state index contributed by atoms with van der Waals surface area (Å²) in [5.41, 5.74) is 2.74. The molecule has 0 bridgehead atoms. The number of hydrogen-bond donors (Lipinski definition) is 2. The average molecular weight is 394 g/mol. The van der Waals surface area contributed by atoms with Gasteiger partial charge in [0.05, 0.1) is 32.6 Å². The molecule has 29 heavy (non-hydrogen) atoms. The smallest absolute Gasteiger partial charge is 0.257 e. The lowest BCUT2D eigenvalue weighted by Crippen LogP contribution is -2.13. The number of ether oxygens (including phenoxy) is 3. The normalized spacial score (nSPS) is 10.2. The van der Waals surface area contributed by atoms with E-state index in [1.54, 1.807) is 36.8 Å². The Bertz CT molecular complexity index is 954. The highest BCUT2D eigenvalue weighted by atomic mass is 16.5. The number of rotatable bonds is 8. The van der Waals surface area contributed by atoms with Crippen LogP contribution in [0.3, 0.4) is 0 Å². The summed E-state index contributed by atoms with van der Waals surface area (Å²) >= 11 is 0. The van der Waals surface area contributed by atoms with Crippen LogP contribution in [0.1, 0.15) is 15.9 Å². The Morgan fingerprint density at radius 1 is 0.897 bits per heavy atom. The molecule has 3 rings (SSSR count). The fourth-order valence-electron chi connectivity index (χ4n) is 2.72. The predicted octanol–water partition coefficient (Wildman–Crippen LogP) is 3.37. The summed E-state index contributed by atoms with van der Waals surface area (Å²) in [4.78, 5) is 20.8. The Morgan fingerprint density at radius 2 is 1.59 bits per heavy atom. The number of aromatic nitrogens is 2. The van der Waals surface area contributed by atoms with E-state index < -0.39 is 0 Å². The molecule has 0 atom stereocenters. The van der Waals surface area contributed by atoms with Gasteiger partial charge in [0.2, 0.25) is 5.75 Å². The summed E-state index contributed by atoms with van der Waals surface area (Å²) in [6, 6.07) is 8.90. The van der Waals surface area contributed by atoms with Gasteiger partial charge in [-0.25, -0.2) is 0 Å². The van der Waals surface area contributed by atoms with Gasteiger partial charge in [0, 0.05) is 49.2 Å². The standard InChI is InChI=1S/C21H22N4O4/c1-27-18-9-16(10-19(28-2)20(18)29-3)25-21(26)15-8-17(13-23-12-15)24-11-14-4-6-22-7-5-14/h4-10,12-13,24H,11H2,1-3H3,(H,25,26). The highest BCUT2D eigenvalue weighted by Gasteiger charge is 2.15. The van der Waals surface area contributed by atoms with E-state index in [-0.39, 0.29) is 5.91 Å². The van der Waals surface area contributed by atoms with Gasteiger partial charge >= 0.3 is 0 Å². The summed E-state index contributed by atoms with van der Waals surface area (Å²) in [7, 11) is 4.56. The van der Waals surface area contributed by atoms with Gasteiger partial charge in [0.25, 0.3) is 5.91 Å². The van der Waals surface area contributed by atoms with E-state index in [1.807, 2.05) is 12.1 Å². The summed E-state index contributed by atoms with van der Waals surface area (Å²) in [5, 5.41) is 6.07. The number of carbonyl (C=O) groups is 1. The van der Waals surface area contributed by atoms with Crippen LogP contribution in [-0.2, 0) is 6.54 Å². The van der Waals surface area contributed by atoms with E-state index in [2.05, 4.69) is 20.6 Å². The minimum absolute atomic E-state index is 0.306. The minimum Gasteiger partial charge on any atom is -0.493 e. The van der Waals surface area contributed by atoms with Crippen LogP contribution in [-0.4, -0.2) is 37.2 Å². The number of methoxy groups -OCH3 is 3. The molecule has 0 saturated heterocycles. The molecule has 0 saturated carbocycles. The number of nitrogens with zero attached hydrogens (tertiary/aromatic N) is 2. The fourth-order valence-corrected chi connectivity index (χ4v) is 2.72. The van der Waals surface area contributed by atoms with Crippen molar-refractivity contribution in [1.82, 2.24) is 9.97 Å². The van der Waals surface area contributed by atoms with Gasteiger partial charge in [0.1, 0.15) is 0 Å². The zero-order valence-electron chi connectivity index (χ0n) is 16.4. The SMILES string of the molecule is COc1cc(NC(=O)c2cncc(NCc3ccncc3)c2)cc(OC)c1OC. The third-order valence-corrected chi connectivity index (χ3v) is 4.17. The number of amides is 1. The van der Waals surface area contributed by atoms with Gasteiger partial charge < -0.3 is 24.8 Å². The third kappa shape index (κ3) is 4.92. The maximum Gasteiger partial charge on any atom is 0.257 e. The van der Waals surface area contributed by atoms with Crippen molar-refractivity contribution in [2.24, 2.45) is 0 Å². The molecule has 0 aliphatic heterocycles. The molecular formula is C21H22N4O4. The van der Waals surface area contributed by atoms with E-state index in [0.717, 1.165) is 11.3 Å². The Labute approximate surface area is 168 Å². The summed E-state index contributed by atoms with van der Waals surface area (Å²) in [6.07, 6.45) is 6.63. The first-order valence-corrected chi connectivity index (χ1v) is 8.83. The molecule has 150 valence electrons. The van der Waals surface area contributed by atoms with Gasteiger partial charge in [-0.05, 0) is 23.8 Å². The number of anilines is 2. The van der Waals surface area contributed by atoms with Crippen molar-refractivity contribution in [3.05, 3.63) is 66.2 Å². The maximum atomic E-state index is 12.7. The number of benzene rings is 1. The predicted molar refractivity (Wildman–Crippen MR) is 110 cm³/mol. The van der Waals surface area contributed by atoms with Crippen LogP contribution < -0.4 is 24.8 Å². The molecular weight excluding hydrogens is 372 g/mol. The zero-order valence-corrected chi connectivity index (χ0v) is 16.4. The van der Waals surface area contributed by atoms with Crippen LogP contribution in [0.2, 0.25) is 0 Å². The van der Waals surface area contributed by atoms with E-state index in [0.29, 0.717) is 35.0 Å². The second-order valence-electron chi connectivity index (χ2n) is 6.04. The van der Waals surface area contributed by atoms with Crippen LogP contribution in [0, 0.1) is 0 Å². The molecule has 0 spiro atoms. The lowest BCUT2D eigenvalue weighted by Gasteiger charge is -2.14. The molecule has 0 unspecified atom stereocenters. The van der Waals surface area contributed by atoms with Crippen molar-refractivity contribution in [1.29, 1.82) is 0 Å². The molecule has 8 nitrogen and oxygen atoms in total. The zero-order chi connectivity index (χ0) is 20.6. The Kier molecular flexibility index (Phi) is 6.47. The molecule has 1 amide bonds. The van der Waals surface area contributed by atoms with Crippen LogP contribution in [0.5, 0.6) is 17.2 Å². The molecule has 0 aliphatic carbocycles. The number of pyridine rings is 2. The first kappa shape index (κ1) is 19.9. The van der Waals surface area contributed by atoms with Crippen molar-refractivity contribution in [3.63, 3.8) is 0 Å². The maximum absolute atomic E-state index is 12.7. The molecule has 2 heterocycles. The molecule has 2 aromatic heterocycles. The Balaban J connectivity index is 1.74. The topological polar surface area (TPSA) is 94.6 Å². The van der Waals surface area contributed by atoms with Gasteiger partial charge in [-0.15, -0.1) is 0 Å². The number of carbonyl (C=O) groups excluding carboxylic acids is 1. The molecule has 0 aliphatic rings. The number of nitrogens with one attached hydrogen (secondary N) is 2.